The zero-order valence-corrected chi connectivity index (χ0v) is 63.1. The molecule has 0 N–H and O–H groups in total. The number of imide groups is 2. The van der Waals surface area contributed by atoms with Gasteiger partial charge in [-0.2, -0.15) is 0 Å². The first-order valence-electron chi connectivity index (χ1n) is 34.7. The first kappa shape index (κ1) is 70.4. The Bertz CT molecular complexity index is 4440. The maximum Gasteiger partial charge on any atom is 0.263 e. The molecule has 0 saturated carbocycles. The Morgan fingerprint density at radius 1 is 0.375 bits per heavy atom. The van der Waals surface area contributed by atoms with Crippen molar-refractivity contribution in [2.75, 3.05) is 13.1 Å². The van der Waals surface area contributed by atoms with Crippen molar-refractivity contribution < 1.29 is 36.7 Å². The molecule has 18 heteroatoms. The van der Waals surface area contributed by atoms with Crippen LogP contribution in [-0.4, -0.2) is 46.5 Å². The second kappa shape index (κ2) is 30.2. The third kappa shape index (κ3) is 13.3. The van der Waals surface area contributed by atoms with Crippen molar-refractivity contribution in [1.82, 2.24) is 9.80 Å². The number of thiophene rings is 8. The van der Waals surface area contributed by atoms with Gasteiger partial charge < -0.3 is 0 Å². The number of nitrogens with zero attached hydrogens (tertiary/aromatic N) is 2. The van der Waals surface area contributed by atoms with Gasteiger partial charge in [-0.1, -0.05) is 145 Å². The third-order valence-electron chi connectivity index (χ3n) is 19.9. The number of carbonyl (C=O) groups is 4. The summed E-state index contributed by atoms with van der Waals surface area (Å²) in [6, 6.07) is 18.0. The number of halogens is 4. The standard InChI is InChI=1S/C78H84F4N2O4S8/c1-11-19-23-43(15-5)34-57-51(79)37-59(93-57)63-49-33-41(9)89-70(49)64(60-38-52(80)58(94-60)35-44(16-6)24-20-12-2)50-36-61(95-71(50)63)74-67-66(77(87)84(78(67)88)40-46(18-8)26-22-14-4)73(96-74)56-32-30-54(92-56)48-28-27-47(68(81)69(48)82)53-29-31-55(91-53)72-65-62(42(10)90-72)75(85)83(76(65)86)39-45(17-7)25-21-13-3/h27-33,36-38,43-46H,11-26,34-35,39-40H2,1-10H3. The highest BCUT2D eigenvalue weighted by Crippen LogP contribution is 2.57. The van der Waals surface area contributed by atoms with Gasteiger partial charge in [0.1, 0.15) is 11.6 Å². The highest BCUT2D eigenvalue weighted by molar-refractivity contribution is 7.30. The van der Waals surface area contributed by atoms with Crippen LogP contribution in [0.1, 0.15) is 219 Å². The van der Waals surface area contributed by atoms with E-state index in [0.29, 0.717) is 87.6 Å². The fraction of sp³-hybridized carbons (Fsp3) is 0.436. The summed E-state index contributed by atoms with van der Waals surface area (Å²) in [5, 5.41) is 1.84. The summed E-state index contributed by atoms with van der Waals surface area (Å²) in [7, 11) is 0. The molecule has 8 aromatic heterocycles. The van der Waals surface area contributed by atoms with E-state index in [1.165, 1.54) is 89.2 Å². The molecular weight excluding hydrogens is 1360 g/mol. The molecule has 0 saturated heterocycles. The fourth-order valence-electron chi connectivity index (χ4n) is 14.2. The van der Waals surface area contributed by atoms with E-state index in [1.807, 2.05) is 19.1 Å². The topological polar surface area (TPSA) is 74.8 Å². The van der Waals surface area contributed by atoms with E-state index in [2.05, 4.69) is 74.4 Å². The second-order valence-electron chi connectivity index (χ2n) is 26.3. The average Bonchev–Trinajstić information content (AvgIpc) is 1.55. The number of benzene rings is 2. The molecule has 0 aliphatic carbocycles. The molecule has 0 bridgehead atoms. The van der Waals surface area contributed by atoms with E-state index in [-0.39, 0.29) is 64.8 Å². The Morgan fingerprint density at radius 3 is 1.21 bits per heavy atom. The van der Waals surface area contributed by atoms with E-state index in [9.17, 15) is 9.59 Å². The van der Waals surface area contributed by atoms with Crippen molar-refractivity contribution in [2.45, 2.75) is 185 Å². The number of aryl methyl sites for hydroxylation is 2. The Morgan fingerprint density at radius 2 is 0.760 bits per heavy atom. The first-order chi connectivity index (χ1) is 46.4. The van der Waals surface area contributed by atoms with Gasteiger partial charge in [-0.05, 0) is 124 Å². The monoisotopic (exact) mass is 1440 g/mol. The summed E-state index contributed by atoms with van der Waals surface area (Å²) in [5.41, 5.74) is 3.35. The van der Waals surface area contributed by atoms with E-state index in [0.717, 1.165) is 168 Å². The molecule has 2 aromatic carbocycles. The van der Waals surface area contributed by atoms with E-state index in [1.54, 1.807) is 47.7 Å². The lowest BCUT2D eigenvalue weighted by atomic mass is 9.95. The Kier molecular flexibility index (Phi) is 22.1. The van der Waals surface area contributed by atoms with Crippen LogP contribution in [0.25, 0.3) is 91.2 Å². The lowest BCUT2D eigenvalue weighted by molar-refractivity contribution is 0.0609. The van der Waals surface area contributed by atoms with Crippen molar-refractivity contribution in [3.8, 4) is 71.0 Å². The van der Waals surface area contributed by atoms with Crippen LogP contribution in [0.2, 0.25) is 0 Å². The molecule has 0 radical (unpaired) electrons. The summed E-state index contributed by atoms with van der Waals surface area (Å²) >= 11 is 11.4. The van der Waals surface area contributed by atoms with Gasteiger partial charge >= 0.3 is 0 Å². The SMILES string of the molecule is CCCCC(CC)Cc1sc(-c2c3cc(-c4sc(-c5ccc(-c6ccc(-c7ccc(-c8sc(C)c9c8C(=O)N(CC(CC)CCCC)C9=O)s7)c(F)c6F)s5)c5c4C(=O)N(CC(CC)CCCC)C5=O)sc3c(-c3cc(F)c(CC(CC)CCCC)s3)c3cc(C)sc23)cc1F. The van der Waals surface area contributed by atoms with E-state index in [4.69, 9.17) is 0 Å². The number of fused-ring (bicyclic) bond motifs is 4. The lowest BCUT2D eigenvalue weighted by Crippen LogP contribution is -2.34. The third-order valence-corrected chi connectivity index (χ3v) is 29.5. The fourth-order valence-corrected chi connectivity index (χ4v) is 23.9. The first-order valence-corrected chi connectivity index (χ1v) is 41.2. The van der Waals surface area contributed by atoms with E-state index < -0.39 is 11.6 Å². The number of amides is 4. The van der Waals surface area contributed by atoms with Gasteiger partial charge in [0, 0.05) is 109 Å². The van der Waals surface area contributed by atoms with Crippen molar-refractivity contribution in [2.24, 2.45) is 23.7 Å². The predicted octanol–water partition coefficient (Wildman–Crippen LogP) is 26.5. The van der Waals surface area contributed by atoms with Crippen molar-refractivity contribution in [1.29, 1.82) is 0 Å². The summed E-state index contributed by atoms with van der Waals surface area (Å²) in [5.74, 6) is -2.83. The summed E-state index contributed by atoms with van der Waals surface area (Å²) in [6.45, 7) is 21.8. The molecule has 506 valence electrons. The van der Waals surface area contributed by atoms with Crippen LogP contribution in [0.4, 0.5) is 17.6 Å². The zero-order chi connectivity index (χ0) is 68.0. The molecule has 6 nitrogen and oxygen atoms in total. The number of unbranched alkanes of at least 4 members (excludes halogenated alkanes) is 4. The molecule has 4 unspecified atom stereocenters. The van der Waals surface area contributed by atoms with Crippen LogP contribution in [0.15, 0.2) is 60.7 Å². The maximum atomic E-state index is 17.0. The van der Waals surface area contributed by atoms with Crippen LogP contribution in [0, 0.1) is 60.8 Å². The van der Waals surface area contributed by atoms with Gasteiger partial charge in [-0.15, -0.1) is 90.7 Å². The molecule has 2 aliphatic heterocycles. The van der Waals surface area contributed by atoms with Gasteiger partial charge in [0.05, 0.1) is 36.9 Å². The van der Waals surface area contributed by atoms with Gasteiger partial charge in [0.2, 0.25) is 0 Å². The van der Waals surface area contributed by atoms with Crippen molar-refractivity contribution in [3.63, 3.8) is 0 Å². The van der Waals surface area contributed by atoms with Gasteiger partial charge in [0.15, 0.2) is 11.6 Å². The van der Waals surface area contributed by atoms with Gasteiger partial charge in [-0.3, -0.25) is 29.0 Å². The molecule has 4 amide bonds. The smallest absolute Gasteiger partial charge is 0.263 e. The van der Waals surface area contributed by atoms with Gasteiger partial charge in [0.25, 0.3) is 23.6 Å². The zero-order valence-electron chi connectivity index (χ0n) is 56.5. The molecule has 10 aromatic rings. The number of hydrogen-bond acceptors (Lipinski definition) is 12. The average molecular weight is 1450 g/mol. The highest BCUT2D eigenvalue weighted by atomic mass is 32.1. The molecule has 12 rings (SSSR count). The van der Waals surface area contributed by atoms with Crippen LogP contribution in [0.5, 0.6) is 0 Å². The Hall–Kier alpha value is -5.44. The van der Waals surface area contributed by atoms with Crippen LogP contribution < -0.4 is 0 Å². The Balaban J connectivity index is 0.957. The molecule has 4 atom stereocenters. The number of rotatable bonds is 31. The minimum absolute atomic E-state index is 0.0436. The largest absolute Gasteiger partial charge is 0.274 e. The van der Waals surface area contributed by atoms with E-state index >= 15 is 27.2 Å². The molecule has 10 heterocycles. The van der Waals surface area contributed by atoms with Gasteiger partial charge in [-0.25, -0.2) is 17.6 Å². The summed E-state index contributed by atoms with van der Waals surface area (Å²) < 4.78 is 69.0. The molecule has 0 fully saturated rings. The minimum atomic E-state index is -1.04. The summed E-state index contributed by atoms with van der Waals surface area (Å²) in [4.78, 5) is 71.1. The minimum Gasteiger partial charge on any atom is -0.274 e. The van der Waals surface area contributed by atoms with Crippen LogP contribution in [0.3, 0.4) is 0 Å². The lowest BCUT2D eigenvalue weighted by Gasteiger charge is -2.21. The predicted molar refractivity (Wildman–Crippen MR) is 403 cm³/mol. The molecule has 96 heavy (non-hydrogen) atoms. The Labute approximate surface area is 594 Å². The van der Waals surface area contributed by atoms with Crippen molar-refractivity contribution >= 4 is 134 Å². The number of hydrogen-bond donors (Lipinski definition) is 0. The quantitative estimate of drug-likeness (QED) is 0.0321. The number of carbonyl (C=O) groups excluding carboxylic acids is 4. The summed E-state index contributed by atoms with van der Waals surface area (Å²) in [6.07, 6.45) is 17.0. The second-order valence-corrected chi connectivity index (χ2v) is 35.3. The van der Waals surface area contributed by atoms with Crippen LogP contribution in [-0.2, 0) is 12.8 Å². The molecule has 0 spiro atoms. The van der Waals surface area contributed by atoms with Crippen LogP contribution >= 0.6 is 90.7 Å². The molecular formula is C78H84F4N2O4S8. The van der Waals surface area contributed by atoms with Crippen molar-refractivity contribution in [3.05, 3.63) is 126 Å². The highest BCUT2D eigenvalue weighted by Gasteiger charge is 2.45. The molecule has 2 aliphatic rings. The normalized spacial score (nSPS) is 14.6. The maximum absolute atomic E-state index is 17.0.